The normalized spacial score (nSPS) is 17.0. The third kappa shape index (κ3) is 3.32. The minimum Gasteiger partial charge on any atom is -0.337 e. The number of hydrogen-bond donors (Lipinski definition) is 3. The van der Waals surface area contributed by atoms with Crippen LogP contribution in [-0.2, 0) is 4.79 Å². The smallest absolute Gasteiger partial charge is 0.279 e. The zero-order chi connectivity index (χ0) is 11.2. The van der Waals surface area contributed by atoms with Crippen molar-refractivity contribution in [2.45, 2.75) is 0 Å². The lowest BCUT2D eigenvalue weighted by molar-refractivity contribution is -0.940. The van der Waals surface area contributed by atoms with E-state index in [4.69, 9.17) is 0 Å². The fraction of sp³-hybridized carbons (Fsp3) is 0.417. The summed E-state index contributed by atoms with van der Waals surface area (Å²) in [6.45, 7) is 5.02. The Morgan fingerprint density at radius 1 is 1.25 bits per heavy atom. The Morgan fingerprint density at radius 2 is 1.94 bits per heavy atom. The lowest BCUT2D eigenvalue weighted by atomic mass is 10.3. The molecule has 1 saturated heterocycles. The molecule has 0 unspecified atom stereocenters. The molecule has 86 valence electrons. The molecule has 1 heterocycles. The number of carbonyl (C=O) groups excluding carboxylic acids is 1. The Kier molecular flexibility index (Phi) is 3.91. The zero-order valence-corrected chi connectivity index (χ0v) is 9.41. The van der Waals surface area contributed by atoms with Crippen molar-refractivity contribution >= 4 is 11.6 Å². The third-order valence-electron chi connectivity index (χ3n) is 2.87. The number of carbonyl (C=O) groups is 1. The topological polar surface area (TPSA) is 50.2 Å². The molecule has 1 aliphatic rings. The third-order valence-corrected chi connectivity index (χ3v) is 2.87. The molecule has 0 aliphatic carbocycles. The summed E-state index contributed by atoms with van der Waals surface area (Å²) in [5.41, 5.74) is 0.885. The quantitative estimate of drug-likeness (QED) is 0.548. The SMILES string of the molecule is O=C(C[NH+]1CC[NH2+]CC1)Nc1ccccc1. The number of nitrogens with one attached hydrogen (secondary N) is 2. The van der Waals surface area contributed by atoms with Crippen LogP contribution in [0.1, 0.15) is 0 Å². The highest BCUT2D eigenvalue weighted by Crippen LogP contribution is 2.03. The van der Waals surface area contributed by atoms with E-state index in [1.807, 2.05) is 30.3 Å². The van der Waals surface area contributed by atoms with Crippen LogP contribution < -0.4 is 15.5 Å². The molecule has 4 nitrogen and oxygen atoms in total. The Bertz CT molecular complexity index is 333. The molecule has 0 radical (unpaired) electrons. The number of rotatable bonds is 3. The number of nitrogens with two attached hydrogens (primary N) is 1. The van der Waals surface area contributed by atoms with Gasteiger partial charge in [-0.3, -0.25) is 4.79 Å². The van der Waals surface area contributed by atoms with Crippen molar-refractivity contribution in [1.29, 1.82) is 0 Å². The van der Waals surface area contributed by atoms with E-state index in [2.05, 4.69) is 10.6 Å². The molecule has 0 spiro atoms. The van der Waals surface area contributed by atoms with E-state index in [0.29, 0.717) is 6.54 Å². The summed E-state index contributed by atoms with van der Waals surface area (Å²) in [6, 6.07) is 9.63. The molecule has 0 saturated carbocycles. The number of quaternary nitrogens is 2. The first-order valence-electron chi connectivity index (χ1n) is 5.85. The number of hydrogen-bond acceptors (Lipinski definition) is 1. The van der Waals surface area contributed by atoms with Gasteiger partial charge in [0.2, 0.25) is 0 Å². The predicted octanol–water partition coefficient (Wildman–Crippen LogP) is -1.91. The van der Waals surface area contributed by atoms with Crippen LogP contribution in [0.2, 0.25) is 0 Å². The molecule has 1 aromatic carbocycles. The van der Waals surface area contributed by atoms with E-state index in [0.717, 1.165) is 31.9 Å². The average Bonchev–Trinajstić information content (AvgIpc) is 2.31. The monoisotopic (exact) mass is 221 g/mol. The largest absolute Gasteiger partial charge is 0.337 e. The highest BCUT2D eigenvalue weighted by molar-refractivity contribution is 5.91. The molecule has 4 heteroatoms. The Balaban J connectivity index is 1.80. The molecule has 0 bridgehead atoms. The van der Waals surface area contributed by atoms with Gasteiger partial charge in [0.1, 0.15) is 26.2 Å². The summed E-state index contributed by atoms with van der Waals surface area (Å²) < 4.78 is 0. The van der Waals surface area contributed by atoms with Crippen LogP contribution in [0.25, 0.3) is 0 Å². The summed E-state index contributed by atoms with van der Waals surface area (Å²) in [4.78, 5) is 13.1. The maximum atomic E-state index is 11.7. The average molecular weight is 221 g/mol. The van der Waals surface area contributed by atoms with Gasteiger partial charge in [-0.05, 0) is 12.1 Å². The van der Waals surface area contributed by atoms with E-state index < -0.39 is 0 Å². The second kappa shape index (κ2) is 5.63. The van der Waals surface area contributed by atoms with Gasteiger partial charge in [-0.2, -0.15) is 0 Å². The Labute approximate surface area is 95.6 Å². The Hall–Kier alpha value is -1.39. The zero-order valence-electron chi connectivity index (χ0n) is 9.41. The molecule has 4 N–H and O–H groups in total. The van der Waals surface area contributed by atoms with Crippen molar-refractivity contribution in [3.05, 3.63) is 30.3 Å². The molecule has 1 amide bonds. The predicted molar refractivity (Wildman–Crippen MR) is 62.3 cm³/mol. The van der Waals surface area contributed by atoms with Gasteiger partial charge in [0, 0.05) is 5.69 Å². The van der Waals surface area contributed by atoms with Gasteiger partial charge in [-0.15, -0.1) is 0 Å². The van der Waals surface area contributed by atoms with E-state index in [1.54, 1.807) is 0 Å². The molecule has 0 aromatic heterocycles. The summed E-state index contributed by atoms with van der Waals surface area (Å²) in [5.74, 6) is 0.114. The highest BCUT2D eigenvalue weighted by Gasteiger charge is 2.18. The second-order valence-corrected chi connectivity index (χ2v) is 4.21. The molecule has 1 aromatic rings. The van der Waals surface area contributed by atoms with Crippen molar-refractivity contribution in [2.75, 3.05) is 38.0 Å². The number of benzene rings is 1. The van der Waals surface area contributed by atoms with Crippen LogP contribution in [0.5, 0.6) is 0 Å². The second-order valence-electron chi connectivity index (χ2n) is 4.21. The molecule has 2 rings (SSSR count). The van der Waals surface area contributed by atoms with Crippen molar-refractivity contribution in [3.63, 3.8) is 0 Å². The van der Waals surface area contributed by atoms with E-state index in [9.17, 15) is 4.79 Å². The van der Waals surface area contributed by atoms with Crippen LogP contribution in [0.15, 0.2) is 30.3 Å². The van der Waals surface area contributed by atoms with Crippen LogP contribution >= 0.6 is 0 Å². The molecule has 1 aliphatic heterocycles. The van der Waals surface area contributed by atoms with Gasteiger partial charge < -0.3 is 15.5 Å². The van der Waals surface area contributed by atoms with Crippen LogP contribution in [0.4, 0.5) is 5.69 Å². The maximum absolute atomic E-state index is 11.7. The fourth-order valence-corrected chi connectivity index (χ4v) is 2.01. The first-order valence-corrected chi connectivity index (χ1v) is 5.85. The molecular weight excluding hydrogens is 202 g/mol. The summed E-state index contributed by atoms with van der Waals surface area (Å²) in [7, 11) is 0. The first-order chi connectivity index (χ1) is 7.84. The Morgan fingerprint density at radius 3 is 2.62 bits per heavy atom. The number of piperazine rings is 1. The number of amides is 1. The molecular formula is C12H19N3O+2. The number of anilines is 1. The minimum atomic E-state index is 0.114. The molecule has 1 fully saturated rings. The lowest BCUT2D eigenvalue weighted by Crippen LogP contribution is -3.21. The lowest BCUT2D eigenvalue weighted by Gasteiger charge is -2.21. The van der Waals surface area contributed by atoms with Gasteiger partial charge in [0.05, 0.1) is 0 Å². The van der Waals surface area contributed by atoms with E-state index in [-0.39, 0.29) is 5.91 Å². The maximum Gasteiger partial charge on any atom is 0.279 e. The summed E-state index contributed by atoms with van der Waals surface area (Å²) >= 11 is 0. The van der Waals surface area contributed by atoms with Crippen molar-refractivity contribution < 1.29 is 15.0 Å². The standard InChI is InChI=1S/C12H17N3O/c16-12(10-15-8-6-13-7-9-15)14-11-4-2-1-3-5-11/h1-5,13H,6-10H2,(H,14,16)/p+2. The van der Waals surface area contributed by atoms with Gasteiger partial charge in [-0.25, -0.2) is 0 Å². The van der Waals surface area contributed by atoms with Gasteiger partial charge >= 0.3 is 0 Å². The molecule has 0 atom stereocenters. The van der Waals surface area contributed by atoms with Crippen molar-refractivity contribution in [2.24, 2.45) is 0 Å². The first kappa shape index (κ1) is 11.1. The highest BCUT2D eigenvalue weighted by atomic mass is 16.2. The van der Waals surface area contributed by atoms with Crippen LogP contribution in [0.3, 0.4) is 0 Å². The number of para-hydroxylation sites is 1. The van der Waals surface area contributed by atoms with Crippen molar-refractivity contribution in [1.82, 2.24) is 0 Å². The summed E-state index contributed by atoms with van der Waals surface area (Å²) in [6.07, 6.45) is 0. The van der Waals surface area contributed by atoms with Gasteiger partial charge in [0.15, 0.2) is 6.54 Å². The molecule has 16 heavy (non-hydrogen) atoms. The van der Waals surface area contributed by atoms with E-state index in [1.165, 1.54) is 4.90 Å². The fourth-order valence-electron chi connectivity index (χ4n) is 2.01. The van der Waals surface area contributed by atoms with E-state index >= 15 is 0 Å². The minimum absolute atomic E-state index is 0.114. The summed E-state index contributed by atoms with van der Waals surface area (Å²) in [5, 5.41) is 5.22. The van der Waals surface area contributed by atoms with Crippen LogP contribution in [0, 0.1) is 0 Å². The van der Waals surface area contributed by atoms with Gasteiger partial charge in [0.25, 0.3) is 5.91 Å². The van der Waals surface area contributed by atoms with Crippen LogP contribution in [-0.4, -0.2) is 38.6 Å². The van der Waals surface area contributed by atoms with Crippen molar-refractivity contribution in [3.8, 4) is 0 Å². The van der Waals surface area contributed by atoms with Gasteiger partial charge in [-0.1, -0.05) is 18.2 Å².